The Hall–Kier alpha value is -2.31. The minimum absolute atomic E-state index is 0.0703. The summed E-state index contributed by atoms with van der Waals surface area (Å²) in [5.41, 5.74) is 2.43. The van der Waals surface area contributed by atoms with Crippen molar-refractivity contribution < 1.29 is 9.53 Å². The summed E-state index contributed by atoms with van der Waals surface area (Å²) >= 11 is 6.12. The highest BCUT2D eigenvalue weighted by Gasteiger charge is 2.37. The van der Waals surface area contributed by atoms with E-state index in [0.717, 1.165) is 17.7 Å². The normalized spacial score (nSPS) is 20.5. The Kier molecular flexibility index (Phi) is 5.40. The van der Waals surface area contributed by atoms with Crippen LogP contribution in [0, 0.1) is 5.92 Å². The minimum atomic E-state index is -0.0703. The quantitative estimate of drug-likeness (QED) is 0.770. The van der Waals surface area contributed by atoms with E-state index in [9.17, 15) is 9.59 Å². The largest absolute Gasteiger partial charge is 0.496 e. The zero-order valence-electron chi connectivity index (χ0n) is 17.0. The summed E-state index contributed by atoms with van der Waals surface area (Å²) in [4.78, 5) is 30.1. The van der Waals surface area contributed by atoms with Crippen LogP contribution < -0.4 is 10.3 Å². The van der Waals surface area contributed by atoms with Crippen LogP contribution in [-0.4, -0.2) is 54.6 Å². The van der Waals surface area contributed by atoms with Gasteiger partial charge in [0.25, 0.3) is 11.5 Å². The number of benzene rings is 1. The molecule has 29 heavy (non-hydrogen) atoms. The van der Waals surface area contributed by atoms with E-state index in [1.54, 1.807) is 25.3 Å². The molecule has 7 heteroatoms. The van der Waals surface area contributed by atoms with Crippen molar-refractivity contribution in [1.29, 1.82) is 0 Å². The van der Waals surface area contributed by atoms with Crippen LogP contribution in [0.3, 0.4) is 0 Å². The maximum Gasteiger partial charge on any atom is 0.257 e. The van der Waals surface area contributed by atoms with Gasteiger partial charge < -0.3 is 19.1 Å². The maximum absolute atomic E-state index is 13.2. The van der Waals surface area contributed by atoms with Gasteiger partial charge in [-0.25, -0.2) is 0 Å². The van der Waals surface area contributed by atoms with Crippen LogP contribution >= 0.6 is 11.6 Å². The van der Waals surface area contributed by atoms with Gasteiger partial charge in [-0.3, -0.25) is 9.59 Å². The molecule has 154 valence electrons. The number of carbonyl (C=O) groups is 1. The molecule has 6 nitrogen and oxygen atoms in total. The molecule has 1 aromatic heterocycles. The lowest BCUT2D eigenvalue weighted by molar-refractivity contribution is 0.0591. The van der Waals surface area contributed by atoms with Crippen molar-refractivity contribution in [3.63, 3.8) is 0 Å². The van der Waals surface area contributed by atoms with Crippen LogP contribution in [0.5, 0.6) is 5.75 Å². The Morgan fingerprint density at radius 2 is 2.00 bits per heavy atom. The monoisotopic (exact) mass is 415 g/mol. The zero-order chi connectivity index (χ0) is 20.7. The van der Waals surface area contributed by atoms with Gasteiger partial charge in [-0.05, 0) is 50.7 Å². The summed E-state index contributed by atoms with van der Waals surface area (Å²) in [6.07, 6.45) is 1.00. The number of nitrogens with zero attached hydrogens (tertiary/aromatic N) is 3. The number of rotatable bonds is 4. The average molecular weight is 416 g/mol. The third-order valence-corrected chi connectivity index (χ3v) is 6.08. The van der Waals surface area contributed by atoms with Gasteiger partial charge in [0, 0.05) is 48.4 Å². The SMILES string of the molecule is COc1ccc(Cl)cc1C(=O)N1C[C@@H]2C[C@H](C1)c1ccc(CN(C)C)c(=O)n1C2. The molecule has 1 amide bonds. The molecule has 2 bridgehead atoms. The van der Waals surface area contributed by atoms with E-state index >= 15 is 0 Å². The molecule has 3 heterocycles. The number of amides is 1. The van der Waals surface area contributed by atoms with Crippen LogP contribution in [0.2, 0.25) is 5.02 Å². The maximum atomic E-state index is 13.2. The molecular weight excluding hydrogens is 390 g/mol. The van der Waals surface area contributed by atoms with Crippen molar-refractivity contribution in [2.75, 3.05) is 34.3 Å². The van der Waals surface area contributed by atoms with Crippen LogP contribution in [0.4, 0.5) is 0 Å². The molecule has 4 rings (SSSR count). The number of methoxy groups -OCH3 is 1. The number of halogens is 1. The Balaban J connectivity index is 1.62. The molecule has 1 aromatic carbocycles. The first kappa shape index (κ1) is 20.0. The molecule has 1 saturated heterocycles. The second-order valence-electron chi connectivity index (χ2n) is 8.29. The summed E-state index contributed by atoms with van der Waals surface area (Å²) < 4.78 is 7.30. The van der Waals surface area contributed by atoms with Gasteiger partial charge >= 0.3 is 0 Å². The fraction of sp³-hybridized carbons (Fsp3) is 0.455. The molecule has 0 aliphatic carbocycles. The van der Waals surface area contributed by atoms with Gasteiger partial charge in [0.15, 0.2) is 0 Å². The lowest BCUT2D eigenvalue weighted by Crippen LogP contribution is -2.49. The molecule has 2 aromatic rings. The summed E-state index contributed by atoms with van der Waals surface area (Å²) in [5.74, 6) is 0.888. The van der Waals surface area contributed by atoms with Gasteiger partial charge in [0.05, 0.1) is 12.7 Å². The number of ether oxygens (including phenoxy) is 1. The second kappa shape index (κ2) is 7.84. The Morgan fingerprint density at radius 1 is 1.21 bits per heavy atom. The van der Waals surface area contributed by atoms with Crippen molar-refractivity contribution >= 4 is 17.5 Å². The van der Waals surface area contributed by atoms with Crippen molar-refractivity contribution in [3.8, 4) is 5.75 Å². The van der Waals surface area contributed by atoms with Crippen molar-refractivity contribution in [3.05, 3.63) is 62.5 Å². The summed E-state index contributed by atoms with van der Waals surface area (Å²) in [5, 5.41) is 0.511. The van der Waals surface area contributed by atoms with Crippen LogP contribution in [0.15, 0.2) is 35.1 Å². The van der Waals surface area contributed by atoms with Crippen LogP contribution in [0.1, 0.15) is 34.0 Å². The lowest BCUT2D eigenvalue weighted by atomic mass is 9.82. The van der Waals surface area contributed by atoms with Gasteiger partial charge in [-0.1, -0.05) is 17.7 Å². The van der Waals surface area contributed by atoms with E-state index in [4.69, 9.17) is 16.3 Å². The summed E-state index contributed by atoms with van der Waals surface area (Å²) in [6, 6.07) is 9.11. The fourth-order valence-electron chi connectivity index (χ4n) is 4.64. The molecule has 0 radical (unpaired) electrons. The second-order valence-corrected chi connectivity index (χ2v) is 8.73. The number of likely N-dealkylation sites (tertiary alicyclic amines) is 1. The number of pyridine rings is 1. The van der Waals surface area contributed by atoms with E-state index in [-0.39, 0.29) is 23.3 Å². The zero-order valence-corrected chi connectivity index (χ0v) is 17.8. The topological polar surface area (TPSA) is 54.8 Å². The first-order valence-corrected chi connectivity index (χ1v) is 10.2. The van der Waals surface area contributed by atoms with Gasteiger partial charge in [0.1, 0.15) is 5.75 Å². The Labute approximate surface area is 175 Å². The first-order chi connectivity index (χ1) is 13.9. The number of aromatic nitrogens is 1. The predicted octanol–water partition coefficient (Wildman–Crippen LogP) is 2.83. The summed E-state index contributed by atoms with van der Waals surface area (Å²) in [7, 11) is 5.48. The van der Waals surface area contributed by atoms with E-state index in [0.29, 0.717) is 42.5 Å². The van der Waals surface area contributed by atoms with E-state index in [1.165, 1.54) is 0 Å². The number of hydrogen-bond acceptors (Lipinski definition) is 4. The fourth-order valence-corrected chi connectivity index (χ4v) is 4.81. The first-order valence-electron chi connectivity index (χ1n) is 9.87. The van der Waals surface area contributed by atoms with E-state index < -0.39 is 0 Å². The number of fused-ring (bicyclic) bond motifs is 4. The molecule has 0 saturated carbocycles. The summed E-state index contributed by atoms with van der Waals surface area (Å²) in [6.45, 7) is 2.52. The molecule has 0 unspecified atom stereocenters. The number of hydrogen-bond donors (Lipinski definition) is 0. The van der Waals surface area contributed by atoms with Crippen LogP contribution in [-0.2, 0) is 13.1 Å². The average Bonchev–Trinajstić information content (AvgIpc) is 2.69. The molecule has 1 fully saturated rings. The third-order valence-electron chi connectivity index (χ3n) is 5.85. The van der Waals surface area contributed by atoms with Gasteiger partial charge in [0.2, 0.25) is 0 Å². The molecular formula is C22H26ClN3O3. The van der Waals surface area contributed by atoms with E-state index in [2.05, 4.69) is 6.07 Å². The van der Waals surface area contributed by atoms with E-state index in [1.807, 2.05) is 34.5 Å². The third kappa shape index (κ3) is 3.79. The highest BCUT2D eigenvalue weighted by atomic mass is 35.5. The van der Waals surface area contributed by atoms with Gasteiger partial charge in [-0.15, -0.1) is 0 Å². The van der Waals surface area contributed by atoms with Crippen molar-refractivity contribution in [2.45, 2.75) is 25.4 Å². The standard InChI is InChI=1S/C22H26ClN3O3/c1-24(2)12-15-4-6-19-16-8-14(11-26(19)21(15)27)10-25(13-16)22(28)18-9-17(23)5-7-20(18)29-3/h4-7,9,14,16H,8,10-13H2,1-3H3/t14-,16+/m0/s1. The molecule has 2 atom stereocenters. The smallest absolute Gasteiger partial charge is 0.257 e. The predicted molar refractivity (Wildman–Crippen MR) is 113 cm³/mol. The molecule has 0 spiro atoms. The highest BCUT2D eigenvalue weighted by molar-refractivity contribution is 6.31. The molecule has 0 N–H and O–H groups in total. The number of carbonyl (C=O) groups excluding carboxylic acids is 1. The van der Waals surface area contributed by atoms with Crippen molar-refractivity contribution in [2.24, 2.45) is 5.92 Å². The minimum Gasteiger partial charge on any atom is -0.496 e. The van der Waals surface area contributed by atoms with Gasteiger partial charge in [-0.2, -0.15) is 0 Å². The lowest BCUT2D eigenvalue weighted by Gasteiger charge is -2.43. The highest BCUT2D eigenvalue weighted by Crippen LogP contribution is 2.36. The molecule has 2 aliphatic rings. The number of piperidine rings is 1. The molecule has 2 aliphatic heterocycles. The Morgan fingerprint density at radius 3 is 2.72 bits per heavy atom. The van der Waals surface area contributed by atoms with Crippen molar-refractivity contribution in [1.82, 2.24) is 14.4 Å². The Bertz CT molecular complexity index is 1000. The van der Waals surface area contributed by atoms with Crippen LogP contribution in [0.25, 0.3) is 0 Å².